The molecule has 0 radical (unpaired) electrons. The maximum absolute atomic E-state index is 11.0. The van der Waals surface area contributed by atoms with Crippen LogP contribution in [0.2, 0.25) is 0 Å². The van der Waals surface area contributed by atoms with Crippen LogP contribution in [0.1, 0.15) is 31.0 Å². The van der Waals surface area contributed by atoms with E-state index in [1.807, 2.05) is 13.8 Å². The topological polar surface area (TPSA) is 83.3 Å². The largest absolute Gasteiger partial charge is 0.481 e. The van der Waals surface area contributed by atoms with Crippen molar-refractivity contribution in [1.29, 1.82) is 0 Å². The zero-order chi connectivity index (χ0) is 10.0. The SMILES string of the molecule is CC(C)c1[nH]oc(=O)c1CC(=O)O. The lowest BCUT2D eigenvalue weighted by Gasteiger charge is -2.00. The molecule has 72 valence electrons. The molecule has 2 N–H and O–H groups in total. The van der Waals surface area contributed by atoms with Gasteiger partial charge in [0.15, 0.2) is 0 Å². The van der Waals surface area contributed by atoms with Gasteiger partial charge in [0, 0.05) is 0 Å². The van der Waals surface area contributed by atoms with E-state index in [0.717, 1.165) is 0 Å². The van der Waals surface area contributed by atoms with Gasteiger partial charge in [-0.15, -0.1) is 0 Å². The molecule has 0 spiro atoms. The maximum atomic E-state index is 11.0. The van der Waals surface area contributed by atoms with Crippen LogP contribution >= 0.6 is 0 Å². The number of carbonyl (C=O) groups is 1. The van der Waals surface area contributed by atoms with Crippen molar-refractivity contribution < 1.29 is 14.4 Å². The second-order valence-electron chi connectivity index (χ2n) is 3.11. The monoisotopic (exact) mass is 185 g/mol. The summed E-state index contributed by atoms with van der Waals surface area (Å²) in [6, 6.07) is 0. The third-order valence-corrected chi connectivity index (χ3v) is 1.73. The van der Waals surface area contributed by atoms with Crippen molar-refractivity contribution in [2.75, 3.05) is 0 Å². The quantitative estimate of drug-likeness (QED) is 0.726. The molecule has 0 bridgehead atoms. The molecule has 1 heterocycles. The van der Waals surface area contributed by atoms with Crippen LogP contribution in [0.4, 0.5) is 0 Å². The molecule has 0 saturated heterocycles. The molecule has 0 atom stereocenters. The van der Waals surface area contributed by atoms with Crippen LogP contribution in [0, 0.1) is 0 Å². The molecule has 13 heavy (non-hydrogen) atoms. The summed E-state index contributed by atoms with van der Waals surface area (Å²) in [4.78, 5) is 21.4. The number of rotatable bonds is 3. The molecule has 5 heteroatoms. The molecule has 0 unspecified atom stereocenters. The first kappa shape index (κ1) is 9.57. The van der Waals surface area contributed by atoms with Crippen molar-refractivity contribution in [3.63, 3.8) is 0 Å². The van der Waals surface area contributed by atoms with Gasteiger partial charge < -0.3 is 9.63 Å². The molecule has 0 aliphatic carbocycles. The van der Waals surface area contributed by atoms with Crippen LogP contribution in [0.5, 0.6) is 0 Å². The number of H-pyrrole nitrogens is 1. The number of hydrogen-bond donors (Lipinski definition) is 2. The number of aromatic nitrogens is 1. The molecule has 1 rings (SSSR count). The Balaban J connectivity index is 3.09. The highest BCUT2D eigenvalue weighted by Crippen LogP contribution is 2.14. The molecule has 0 aliphatic heterocycles. The molecule has 0 aromatic carbocycles. The fraction of sp³-hybridized carbons (Fsp3) is 0.500. The summed E-state index contributed by atoms with van der Waals surface area (Å²) in [5.74, 6) is -0.977. The summed E-state index contributed by atoms with van der Waals surface area (Å²) in [5, 5.41) is 10.9. The Bertz CT molecular complexity index is 360. The number of nitrogens with one attached hydrogen (secondary N) is 1. The van der Waals surface area contributed by atoms with Gasteiger partial charge in [-0.2, -0.15) is 0 Å². The van der Waals surface area contributed by atoms with E-state index in [-0.39, 0.29) is 17.9 Å². The first-order valence-electron chi connectivity index (χ1n) is 3.94. The fourth-order valence-corrected chi connectivity index (χ4v) is 1.12. The van der Waals surface area contributed by atoms with E-state index in [1.165, 1.54) is 0 Å². The molecule has 0 fully saturated rings. The minimum absolute atomic E-state index is 0.0563. The highest BCUT2D eigenvalue weighted by molar-refractivity contribution is 5.70. The summed E-state index contributed by atoms with van der Waals surface area (Å²) >= 11 is 0. The number of carboxylic acids is 1. The minimum atomic E-state index is -1.03. The summed E-state index contributed by atoms with van der Waals surface area (Å²) < 4.78 is 4.51. The van der Waals surface area contributed by atoms with Crippen molar-refractivity contribution in [3.8, 4) is 0 Å². The average molecular weight is 185 g/mol. The molecule has 1 aromatic rings. The maximum Gasteiger partial charge on any atom is 0.361 e. The Kier molecular flexibility index (Phi) is 2.55. The summed E-state index contributed by atoms with van der Waals surface area (Å²) in [5.41, 5.74) is 0.181. The van der Waals surface area contributed by atoms with Gasteiger partial charge in [-0.05, 0) is 5.92 Å². The lowest BCUT2D eigenvalue weighted by atomic mass is 10.0. The minimum Gasteiger partial charge on any atom is -0.481 e. The molecule has 0 amide bonds. The van der Waals surface area contributed by atoms with E-state index in [9.17, 15) is 9.59 Å². The zero-order valence-electron chi connectivity index (χ0n) is 7.46. The average Bonchev–Trinajstić information content (AvgIpc) is 2.32. The van der Waals surface area contributed by atoms with Crippen LogP contribution in [0.25, 0.3) is 0 Å². The van der Waals surface area contributed by atoms with Crippen molar-refractivity contribution in [2.24, 2.45) is 0 Å². The first-order valence-corrected chi connectivity index (χ1v) is 3.94. The Morgan fingerprint density at radius 2 is 2.23 bits per heavy atom. The van der Waals surface area contributed by atoms with Gasteiger partial charge >= 0.3 is 11.6 Å². The van der Waals surface area contributed by atoms with Crippen molar-refractivity contribution in [2.45, 2.75) is 26.2 Å². The summed E-state index contributed by atoms with van der Waals surface area (Å²) in [7, 11) is 0. The van der Waals surface area contributed by atoms with E-state index < -0.39 is 11.6 Å². The number of hydrogen-bond acceptors (Lipinski definition) is 3. The van der Waals surface area contributed by atoms with Crippen LogP contribution < -0.4 is 5.63 Å². The van der Waals surface area contributed by atoms with Crippen molar-refractivity contribution in [1.82, 2.24) is 5.16 Å². The van der Waals surface area contributed by atoms with Gasteiger partial charge in [0.1, 0.15) is 0 Å². The molecular weight excluding hydrogens is 174 g/mol. The predicted molar refractivity (Wildman–Crippen MR) is 44.8 cm³/mol. The van der Waals surface area contributed by atoms with Gasteiger partial charge in [-0.25, -0.2) is 9.95 Å². The van der Waals surface area contributed by atoms with Gasteiger partial charge in [0.2, 0.25) is 0 Å². The van der Waals surface area contributed by atoms with Gasteiger partial charge in [-0.1, -0.05) is 13.8 Å². The van der Waals surface area contributed by atoms with Gasteiger partial charge in [-0.3, -0.25) is 4.79 Å². The van der Waals surface area contributed by atoms with Crippen LogP contribution in [-0.2, 0) is 11.2 Å². The Morgan fingerprint density at radius 1 is 1.62 bits per heavy atom. The Hall–Kier alpha value is -1.52. The molecule has 0 aliphatic rings. The smallest absolute Gasteiger partial charge is 0.361 e. The summed E-state index contributed by atoms with van der Waals surface area (Å²) in [6.45, 7) is 3.71. The number of aliphatic carboxylic acids is 1. The Labute approximate surface area is 74.3 Å². The predicted octanol–water partition coefficient (Wildman–Crippen LogP) is 0.718. The normalized spacial score (nSPS) is 10.7. The second-order valence-corrected chi connectivity index (χ2v) is 3.11. The van der Waals surface area contributed by atoms with Crippen LogP contribution in [-0.4, -0.2) is 16.2 Å². The van der Waals surface area contributed by atoms with Crippen LogP contribution in [0.15, 0.2) is 9.32 Å². The third kappa shape index (κ3) is 1.99. The van der Waals surface area contributed by atoms with Gasteiger partial charge in [0.05, 0.1) is 17.7 Å². The lowest BCUT2D eigenvalue weighted by Crippen LogP contribution is -2.11. The van der Waals surface area contributed by atoms with Crippen molar-refractivity contribution in [3.05, 3.63) is 21.7 Å². The standard InChI is InChI=1S/C8H11NO4/c1-4(2)7-5(3-6(10)11)8(12)13-9-7/h4,9H,3H2,1-2H3,(H,10,11). The van der Waals surface area contributed by atoms with Gasteiger partial charge in [0.25, 0.3) is 0 Å². The zero-order valence-corrected chi connectivity index (χ0v) is 7.46. The number of carboxylic acid groups (broad SMARTS) is 1. The van der Waals surface area contributed by atoms with E-state index in [2.05, 4.69) is 9.68 Å². The van der Waals surface area contributed by atoms with E-state index >= 15 is 0 Å². The van der Waals surface area contributed by atoms with E-state index in [1.54, 1.807) is 0 Å². The van der Waals surface area contributed by atoms with Crippen molar-refractivity contribution >= 4 is 5.97 Å². The lowest BCUT2D eigenvalue weighted by molar-refractivity contribution is -0.136. The molecule has 0 saturated carbocycles. The van der Waals surface area contributed by atoms with E-state index in [0.29, 0.717) is 5.69 Å². The highest BCUT2D eigenvalue weighted by atomic mass is 16.5. The first-order chi connectivity index (χ1) is 6.02. The molecular formula is C8H11NO4. The summed E-state index contributed by atoms with van der Waals surface area (Å²) in [6.07, 6.45) is -0.292. The second kappa shape index (κ2) is 3.47. The number of aromatic amines is 1. The van der Waals surface area contributed by atoms with Crippen LogP contribution in [0.3, 0.4) is 0 Å². The highest BCUT2D eigenvalue weighted by Gasteiger charge is 2.17. The fourth-order valence-electron chi connectivity index (χ4n) is 1.12. The molecule has 5 nitrogen and oxygen atoms in total. The Morgan fingerprint density at radius 3 is 2.69 bits per heavy atom. The van der Waals surface area contributed by atoms with E-state index in [4.69, 9.17) is 5.11 Å². The molecule has 1 aromatic heterocycles. The third-order valence-electron chi connectivity index (χ3n) is 1.73.